The highest BCUT2D eigenvalue weighted by atomic mass is 35.5. The standard InChI is InChI=1S/C23H22ClNO4S/c1-2-30(28,29)19-10-7-16(8-11-19)13-23(27)25-18-9-12-21(22(24)14-18)20-6-4-3-5-17(20)15-26/h3-12,14,26H,2,13,15H2,1H3,(H,25,27). The van der Waals surface area contributed by atoms with Gasteiger partial charge in [0.05, 0.1) is 28.7 Å². The van der Waals surface area contributed by atoms with Crippen molar-refractivity contribution < 1.29 is 18.3 Å². The summed E-state index contributed by atoms with van der Waals surface area (Å²) in [6.07, 6.45) is 0.110. The molecule has 7 heteroatoms. The van der Waals surface area contributed by atoms with Gasteiger partial charge in [-0.1, -0.05) is 61.0 Å². The molecule has 0 aliphatic rings. The number of aliphatic hydroxyl groups is 1. The summed E-state index contributed by atoms with van der Waals surface area (Å²) in [7, 11) is -3.26. The number of aliphatic hydroxyl groups excluding tert-OH is 1. The number of carbonyl (C=O) groups excluding carboxylic acids is 1. The lowest BCUT2D eigenvalue weighted by molar-refractivity contribution is -0.115. The van der Waals surface area contributed by atoms with E-state index in [1.165, 1.54) is 12.1 Å². The summed E-state index contributed by atoms with van der Waals surface area (Å²) in [6.45, 7) is 1.50. The lowest BCUT2D eigenvalue weighted by Crippen LogP contribution is -2.14. The van der Waals surface area contributed by atoms with Gasteiger partial charge < -0.3 is 10.4 Å². The molecule has 0 radical (unpaired) electrons. The number of amides is 1. The van der Waals surface area contributed by atoms with Crippen LogP contribution in [0.3, 0.4) is 0 Å². The molecule has 0 saturated heterocycles. The lowest BCUT2D eigenvalue weighted by atomic mass is 10.00. The fourth-order valence-electron chi connectivity index (χ4n) is 3.10. The number of hydrogen-bond acceptors (Lipinski definition) is 4. The lowest BCUT2D eigenvalue weighted by Gasteiger charge is -2.12. The highest BCUT2D eigenvalue weighted by molar-refractivity contribution is 7.91. The minimum Gasteiger partial charge on any atom is -0.392 e. The van der Waals surface area contributed by atoms with Crippen molar-refractivity contribution in [3.63, 3.8) is 0 Å². The molecule has 0 aliphatic heterocycles. The third-order valence-corrected chi connectivity index (χ3v) is 6.82. The molecule has 0 bridgehead atoms. The quantitative estimate of drug-likeness (QED) is 0.564. The van der Waals surface area contributed by atoms with E-state index in [0.29, 0.717) is 16.3 Å². The minimum atomic E-state index is -3.26. The molecule has 156 valence electrons. The predicted molar refractivity (Wildman–Crippen MR) is 119 cm³/mol. The number of hydrogen-bond donors (Lipinski definition) is 2. The summed E-state index contributed by atoms with van der Waals surface area (Å²) in [5.74, 6) is -0.201. The predicted octanol–water partition coefficient (Wildman–Crippen LogP) is 4.47. The van der Waals surface area contributed by atoms with Gasteiger partial charge in [-0.2, -0.15) is 0 Å². The molecule has 1 amide bonds. The molecule has 3 rings (SSSR count). The SMILES string of the molecule is CCS(=O)(=O)c1ccc(CC(=O)Nc2ccc(-c3ccccc3CO)c(Cl)c2)cc1. The van der Waals surface area contributed by atoms with Gasteiger partial charge in [0.15, 0.2) is 9.84 Å². The van der Waals surface area contributed by atoms with E-state index >= 15 is 0 Å². The molecular formula is C23H22ClNO4S. The van der Waals surface area contributed by atoms with Crippen LogP contribution in [-0.4, -0.2) is 25.2 Å². The van der Waals surface area contributed by atoms with Crippen molar-refractivity contribution in [2.75, 3.05) is 11.1 Å². The Morgan fingerprint density at radius 2 is 1.70 bits per heavy atom. The molecule has 5 nitrogen and oxygen atoms in total. The van der Waals surface area contributed by atoms with Crippen molar-refractivity contribution in [3.05, 3.63) is 82.9 Å². The van der Waals surface area contributed by atoms with E-state index in [2.05, 4.69) is 5.32 Å². The van der Waals surface area contributed by atoms with E-state index in [0.717, 1.165) is 16.7 Å². The zero-order valence-electron chi connectivity index (χ0n) is 16.4. The first kappa shape index (κ1) is 22.0. The van der Waals surface area contributed by atoms with Crippen LogP contribution in [0.5, 0.6) is 0 Å². The van der Waals surface area contributed by atoms with Crippen LogP contribution >= 0.6 is 11.6 Å². The number of sulfone groups is 1. The third kappa shape index (κ3) is 5.08. The third-order valence-electron chi connectivity index (χ3n) is 4.76. The van der Waals surface area contributed by atoms with Crippen molar-refractivity contribution in [2.45, 2.75) is 24.8 Å². The van der Waals surface area contributed by atoms with Gasteiger partial charge in [-0.05, 0) is 41.0 Å². The van der Waals surface area contributed by atoms with Crippen molar-refractivity contribution in [3.8, 4) is 11.1 Å². The van der Waals surface area contributed by atoms with Crippen LogP contribution in [0.2, 0.25) is 5.02 Å². The molecule has 0 spiro atoms. The topological polar surface area (TPSA) is 83.5 Å². The first-order valence-electron chi connectivity index (χ1n) is 9.44. The van der Waals surface area contributed by atoms with Crippen molar-refractivity contribution in [2.24, 2.45) is 0 Å². The molecule has 0 atom stereocenters. The van der Waals surface area contributed by atoms with E-state index < -0.39 is 9.84 Å². The maximum absolute atomic E-state index is 12.4. The Balaban J connectivity index is 1.71. The molecular weight excluding hydrogens is 422 g/mol. The van der Waals surface area contributed by atoms with E-state index in [1.807, 2.05) is 24.3 Å². The number of anilines is 1. The second kappa shape index (κ2) is 9.43. The van der Waals surface area contributed by atoms with Crippen LogP contribution in [-0.2, 0) is 27.7 Å². The van der Waals surface area contributed by atoms with E-state index in [9.17, 15) is 18.3 Å². The summed E-state index contributed by atoms with van der Waals surface area (Å²) < 4.78 is 23.7. The Kier molecular flexibility index (Phi) is 6.92. The first-order valence-corrected chi connectivity index (χ1v) is 11.5. The van der Waals surface area contributed by atoms with E-state index in [1.54, 1.807) is 37.3 Å². The average molecular weight is 444 g/mol. The number of halogens is 1. The zero-order chi connectivity index (χ0) is 21.7. The molecule has 0 aromatic heterocycles. The highest BCUT2D eigenvalue weighted by Gasteiger charge is 2.13. The number of rotatable bonds is 7. The average Bonchev–Trinajstić information content (AvgIpc) is 2.74. The molecule has 3 aromatic carbocycles. The van der Waals surface area contributed by atoms with Crippen molar-refractivity contribution in [1.29, 1.82) is 0 Å². The fraction of sp³-hybridized carbons (Fsp3) is 0.174. The van der Waals surface area contributed by atoms with Gasteiger partial charge in [0, 0.05) is 11.3 Å². The first-order chi connectivity index (χ1) is 14.3. The van der Waals surface area contributed by atoms with E-state index in [-0.39, 0.29) is 29.6 Å². The summed E-state index contributed by atoms with van der Waals surface area (Å²) in [6, 6.07) is 19.0. The minimum absolute atomic E-state index is 0.0341. The normalized spacial score (nSPS) is 11.3. The molecule has 0 fully saturated rings. The molecule has 0 unspecified atom stereocenters. The molecule has 0 heterocycles. The maximum atomic E-state index is 12.4. The van der Waals surface area contributed by atoms with Crippen LogP contribution in [0.1, 0.15) is 18.1 Å². The summed E-state index contributed by atoms with van der Waals surface area (Å²) in [5.41, 5.74) is 3.64. The van der Waals surface area contributed by atoms with Crippen molar-refractivity contribution >= 4 is 33.0 Å². The molecule has 0 aliphatic carbocycles. The highest BCUT2D eigenvalue weighted by Crippen LogP contribution is 2.32. The number of benzene rings is 3. The largest absolute Gasteiger partial charge is 0.392 e. The smallest absolute Gasteiger partial charge is 0.228 e. The van der Waals surface area contributed by atoms with Crippen LogP contribution < -0.4 is 5.32 Å². The van der Waals surface area contributed by atoms with E-state index in [4.69, 9.17) is 11.6 Å². The Labute approximate surface area is 181 Å². The van der Waals surface area contributed by atoms with Gasteiger partial charge in [0.25, 0.3) is 0 Å². The summed E-state index contributed by atoms with van der Waals surface area (Å²) in [4.78, 5) is 12.6. The fourth-order valence-corrected chi connectivity index (χ4v) is 4.27. The van der Waals surface area contributed by atoms with Gasteiger partial charge in [0.1, 0.15) is 0 Å². The summed E-state index contributed by atoms with van der Waals surface area (Å²) >= 11 is 6.42. The Morgan fingerprint density at radius 1 is 1.00 bits per heavy atom. The molecule has 3 aromatic rings. The second-order valence-electron chi connectivity index (χ2n) is 6.78. The van der Waals surface area contributed by atoms with Crippen LogP contribution in [0, 0.1) is 0 Å². The maximum Gasteiger partial charge on any atom is 0.228 e. The van der Waals surface area contributed by atoms with Gasteiger partial charge in [-0.3, -0.25) is 4.79 Å². The Morgan fingerprint density at radius 3 is 2.33 bits per heavy atom. The second-order valence-corrected chi connectivity index (χ2v) is 9.47. The van der Waals surface area contributed by atoms with Gasteiger partial charge in [-0.25, -0.2) is 8.42 Å². The molecule has 30 heavy (non-hydrogen) atoms. The molecule has 0 saturated carbocycles. The molecule has 2 N–H and O–H groups in total. The zero-order valence-corrected chi connectivity index (χ0v) is 18.0. The van der Waals surface area contributed by atoms with Crippen LogP contribution in [0.4, 0.5) is 5.69 Å². The Hall–Kier alpha value is -2.67. The van der Waals surface area contributed by atoms with Crippen LogP contribution in [0.15, 0.2) is 71.6 Å². The number of carbonyl (C=O) groups is 1. The Bertz CT molecular complexity index is 1160. The van der Waals surface area contributed by atoms with Gasteiger partial charge in [0.2, 0.25) is 5.91 Å². The van der Waals surface area contributed by atoms with Gasteiger partial charge in [-0.15, -0.1) is 0 Å². The monoisotopic (exact) mass is 443 g/mol. The van der Waals surface area contributed by atoms with Gasteiger partial charge >= 0.3 is 0 Å². The van der Waals surface area contributed by atoms with Crippen LogP contribution in [0.25, 0.3) is 11.1 Å². The number of nitrogens with one attached hydrogen (secondary N) is 1. The van der Waals surface area contributed by atoms with Crippen molar-refractivity contribution in [1.82, 2.24) is 0 Å². The summed E-state index contributed by atoms with van der Waals surface area (Å²) in [5, 5.41) is 12.8.